The first-order valence-corrected chi connectivity index (χ1v) is 6.61. The molecule has 1 aromatic rings. The van der Waals surface area contributed by atoms with Gasteiger partial charge >= 0.3 is 5.97 Å². The maximum Gasteiger partial charge on any atom is 0.302 e. The molecule has 1 fully saturated rings. The molecule has 0 spiro atoms. The summed E-state index contributed by atoms with van der Waals surface area (Å²) in [4.78, 5) is 21.6. The zero-order valence-electron chi connectivity index (χ0n) is 11.7. The fraction of sp³-hybridized carbons (Fsp3) is 0.294. The molecular weight excluding hydrogens is 266 g/mol. The van der Waals surface area contributed by atoms with Gasteiger partial charge in [-0.2, -0.15) is 0 Å². The van der Waals surface area contributed by atoms with E-state index in [4.69, 9.17) is 10.5 Å². The number of rotatable bonds is 3. The third-order valence-corrected chi connectivity index (χ3v) is 3.12. The van der Waals surface area contributed by atoms with Crippen molar-refractivity contribution in [3.8, 4) is 23.7 Å². The van der Waals surface area contributed by atoms with Gasteiger partial charge in [-0.3, -0.25) is 9.59 Å². The van der Waals surface area contributed by atoms with Crippen LogP contribution in [0.25, 0.3) is 0 Å². The smallest absolute Gasteiger partial charge is 0.302 e. The summed E-state index contributed by atoms with van der Waals surface area (Å²) in [5.41, 5.74) is 6.39. The van der Waals surface area contributed by atoms with Crippen LogP contribution < -0.4 is 5.73 Å². The number of hydrogen-bond acceptors (Lipinski definition) is 3. The Balaban J connectivity index is 1.84. The average molecular weight is 281 g/mol. The largest absolute Gasteiger partial charge is 0.466 e. The van der Waals surface area contributed by atoms with Crippen LogP contribution in [0.5, 0.6) is 0 Å². The van der Waals surface area contributed by atoms with E-state index in [0.717, 1.165) is 12.0 Å². The number of esters is 1. The summed E-state index contributed by atoms with van der Waals surface area (Å²) in [5.74, 6) is 11.4. The van der Waals surface area contributed by atoms with E-state index in [0.29, 0.717) is 18.1 Å². The summed E-state index contributed by atoms with van der Waals surface area (Å²) in [6, 6.07) is 6.73. The molecule has 0 aliphatic heterocycles. The Morgan fingerprint density at radius 2 is 2.00 bits per heavy atom. The van der Waals surface area contributed by atoms with E-state index in [1.807, 2.05) is 0 Å². The van der Waals surface area contributed by atoms with Crippen LogP contribution in [0.2, 0.25) is 0 Å². The molecule has 0 saturated heterocycles. The first kappa shape index (κ1) is 14.7. The van der Waals surface area contributed by atoms with Crippen LogP contribution in [0.3, 0.4) is 0 Å². The van der Waals surface area contributed by atoms with Gasteiger partial charge in [-0.15, -0.1) is 0 Å². The van der Waals surface area contributed by atoms with Crippen molar-refractivity contribution in [3.05, 3.63) is 35.4 Å². The van der Waals surface area contributed by atoms with Gasteiger partial charge in [0.2, 0.25) is 5.91 Å². The molecule has 1 aliphatic carbocycles. The van der Waals surface area contributed by atoms with E-state index in [1.165, 1.54) is 6.92 Å². The Morgan fingerprint density at radius 3 is 2.62 bits per heavy atom. The fourth-order valence-corrected chi connectivity index (χ4v) is 1.78. The second-order valence-electron chi connectivity index (χ2n) is 4.87. The number of carbonyl (C=O) groups is 2. The highest BCUT2D eigenvalue weighted by atomic mass is 16.5. The molecule has 1 saturated carbocycles. The maximum absolute atomic E-state index is 10.9. The SMILES string of the molecule is CC(=O)OC[C@@H]1C[C@H]1C#CC#Cc1ccc(C(N)=O)cc1. The van der Waals surface area contributed by atoms with Crippen molar-refractivity contribution in [2.75, 3.05) is 6.61 Å². The lowest BCUT2D eigenvalue weighted by Crippen LogP contribution is -2.10. The minimum atomic E-state index is -0.457. The molecule has 2 rings (SSSR count). The van der Waals surface area contributed by atoms with Crippen molar-refractivity contribution >= 4 is 11.9 Å². The molecule has 0 radical (unpaired) electrons. The van der Waals surface area contributed by atoms with Crippen molar-refractivity contribution in [3.63, 3.8) is 0 Å². The predicted octanol–water partition coefficient (Wildman–Crippen LogP) is 1.34. The van der Waals surface area contributed by atoms with Gasteiger partial charge in [0.15, 0.2) is 0 Å². The Hall–Kier alpha value is -2.72. The molecule has 1 aliphatic rings. The summed E-state index contributed by atoms with van der Waals surface area (Å²) >= 11 is 0. The normalized spacial score (nSPS) is 18.5. The highest BCUT2D eigenvalue weighted by molar-refractivity contribution is 5.92. The van der Waals surface area contributed by atoms with Crippen LogP contribution in [0.1, 0.15) is 29.3 Å². The molecule has 2 atom stereocenters. The molecule has 0 unspecified atom stereocenters. The summed E-state index contributed by atoms with van der Waals surface area (Å²) in [6.07, 6.45) is 0.954. The van der Waals surface area contributed by atoms with E-state index in [1.54, 1.807) is 24.3 Å². The van der Waals surface area contributed by atoms with Crippen molar-refractivity contribution in [2.45, 2.75) is 13.3 Å². The average Bonchev–Trinajstić information content (AvgIpc) is 3.20. The summed E-state index contributed by atoms with van der Waals surface area (Å²) in [6.45, 7) is 1.84. The van der Waals surface area contributed by atoms with Crippen LogP contribution in [0, 0.1) is 35.5 Å². The van der Waals surface area contributed by atoms with Gasteiger partial charge in [-0.05, 0) is 42.5 Å². The lowest BCUT2D eigenvalue weighted by atomic mass is 10.1. The molecule has 0 heterocycles. The quantitative estimate of drug-likeness (QED) is 0.671. The number of carbonyl (C=O) groups excluding carboxylic acids is 2. The lowest BCUT2D eigenvalue weighted by Gasteiger charge is -1.96. The first-order valence-electron chi connectivity index (χ1n) is 6.61. The number of amides is 1. The topological polar surface area (TPSA) is 69.4 Å². The molecule has 1 aromatic carbocycles. The van der Waals surface area contributed by atoms with Crippen LogP contribution in [0.4, 0.5) is 0 Å². The zero-order valence-corrected chi connectivity index (χ0v) is 11.7. The second kappa shape index (κ2) is 6.63. The highest BCUT2D eigenvalue weighted by Crippen LogP contribution is 2.37. The van der Waals surface area contributed by atoms with Crippen LogP contribution >= 0.6 is 0 Å². The molecule has 21 heavy (non-hydrogen) atoms. The minimum absolute atomic E-state index is 0.257. The Kier molecular flexibility index (Phi) is 4.64. The van der Waals surface area contributed by atoms with Crippen molar-refractivity contribution in [1.82, 2.24) is 0 Å². The third-order valence-electron chi connectivity index (χ3n) is 3.12. The third kappa shape index (κ3) is 4.71. The van der Waals surface area contributed by atoms with Crippen LogP contribution in [-0.4, -0.2) is 18.5 Å². The monoisotopic (exact) mass is 281 g/mol. The van der Waals surface area contributed by atoms with Gasteiger partial charge in [0.1, 0.15) is 0 Å². The van der Waals surface area contributed by atoms with Gasteiger partial charge in [0.25, 0.3) is 0 Å². The van der Waals surface area contributed by atoms with Gasteiger partial charge < -0.3 is 10.5 Å². The van der Waals surface area contributed by atoms with E-state index in [-0.39, 0.29) is 11.9 Å². The molecule has 1 amide bonds. The van der Waals surface area contributed by atoms with E-state index in [9.17, 15) is 9.59 Å². The van der Waals surface area contributed by atoms with Crippen LogP contribution in [-0.2, 0) is 9.53 Å². The predicted molar refractivity (Wildman–Crippen MR) is 77.8 cm³/mol. The molecule has 4 nitrogen and oxygen atoms in total. The molecule has 4 heteroatoms. The Morgan fingerprint density at radius 1 is 1.29 bits per heavy atom. The molecule has 0 bridgehead atoms. The minimum Gasteiger partial charge on any atom is -0.466 e. The van der Waals surface area contributed by atoms with Crippen molar-refractivity contribution < 1.29 is 14.3 Å². The summed E-state index contributed by atoms with van der Waals surface area (Å²) in [7, 11) is 0. The first-order chi connectivity index (χ1) is 10.1. The molecule has 2 N–H and O–H groups in total. The van der Waals surface area contributed by atoms with E-state index in [2.05, 4.69) is 23.7 Å². The van der Waals surface area contributed by atoms with Crippen molar-refractivity contribution in [2.24, 2.45) is 17.6 Å². The summed E-state index contributed by atoms with van der Waals surface area (Å²) < 4.78 is 4.92. The van der Waals surface area contributed by atoms with Gasteiger partial charge in [0, 0.05) is 29.9 Å². The number of primary amides is 1. The maximum atomic E-state index is 10.9. The van der Waals surface area contributed by atoms with E-state index >= 15 is 0 Å². The fourth-order valence-electron chi connectivity index (χ4n) is 1.78. The number of hydrogen-bond donors (Lipinski definition) is 1. The molecule has 106 valence electrons. The van der Waals surface area contributed by atoms with Crippen LogP contribution in [0.15, 0.2) is 24.3 Å². The van der Waals surface area contributed by atoms with Crippen molar-refractivity contribution in [1.29, 1.82) is 0 Å². The summed E-state index contributed by atoms with van der Waals surface area (Å²) in [5, 5.41) is 0. The second-order valence-corrected chi connectivity index (χ2v) is 4.87. The van der Waals surface area contributed by atoms with Gasteiger partial charge in [-0.1, -0.05) is 11.8 Å². The van der Waals surface area contributed by atoms with E-state index < -0.39 is 5.91 Å². The number of ether oxygens (including phenoxy) is 1. The highest BCUT2D eigenvalue weighted by Gasteiger charge is 2.36. The number of nitrogens with two attached hydrogens (primary N) is 1. The standard InChI is InChI=1S/C17H15NO3/c1-12(19)21-11-16-10-15(16)5-3-2-4-13-6-8-14(9-7-13)17(18)20/h6-9,15-16H,10-11H2,1H3,(H2,18,20)/t15-,16+/m1/s1. The zero-order chi connectivity index (χ0) is 15.2. The lowest BCUT2D eigenvalue weighted by molar-refractivity contribution is -0.141. The van der Waals surface area contributed by atoms with Gasteiger partial charge in [0.05, 0.1) is 6.61 Å². The Bertz CT molecular complexity index is 668. The molecule has 0 aromatic heterocycles. The Labute approximate surface area is 123 Å². The number of benzene rings is 1. The van der Waals surface area contributed by atoms with Gasteiger partial charge in [-0.25, -0.2) is 0 Å². The molecular formula is C17H15NO3.